The number of hydrogen-bond donors (Lipinski definition) is 2. The Morgan fingerprint density at radius 1 is 1.41 bits per heavy atom. The van der Waals surface area contributed by atoms with Crippen LogP contribution in [-0.2, 0) is 6.42 Å². The molecule has 0 aliphatic carbocycles. The molecule has 4 heteroatoms. The minimum atomic E-state index is -0.654. The highest BCUT2D eigenvalue weighted by Crippen LogP contribution is 2.32. The summed E-state index contributed by atoms with van der Waals surface area (Å²) < 4.78 is 18.7. The van der Waals surface area contributed by atoms with Crippen LogP contribution in [0.2, 0.25) is 0 Å². The summed E-state index contributed by atoms with van der Waals surface area (Å²) in [5.74, 6) is -0.257. The number of phenolic OH excluding ortho intramolecular Hbond substituents is 1. The molecule has 0 spiro atoms. The van der Waals surface area contributed by atoms with Gasteiger partial charge in [0.25, 0.3) is 0 Å². The van der Waals surface area contributed by atoms with Crippen molar-refractivity contribution in [3.63, 3.8) is 0 Å². The van der Waals surface area contributed by atoms with E-state index in [9.17, 15) is 9.50 Å². The highest BCUT2D eigenvalue weighted by atomic mass is 19.1. The summed E-state index contributed by atoms with van der Waals surface area (Å²) in [6, 6.07) is 3.15. The van der Waals surface area contributed by atoms with Crippen LogP contribution in [-0.4, -0.2) is 25.3 Å². The quantitative estimate of drug-likeness (QED) is 0.848. The zero-order valence-corrected chi connectivity index (χ0v) is 10.0. The molecule has 0 saturated carbocycles. The summed E-state index contributed by atoms with van der Waals surface area (Å²) in [6.07, 6.45) is 3.01. The Kier molecular flexibility index (Phi) is 3.84. The van der Waals surface area contributed by atoms with Crippen LogP contribution in [0.15, 0.2) is 12.1 Å². The topological polar surface area (TPSA) is 41.5 Å². The van der Waals surface area contributed by atoms with Crippen LogP contribution in [0.1, 0.15) is 18.4 Å². The molecule has 94 valence electrons. The SMILES string of the molecule is COc1c(CC2CCNCC2)ccc(O)c1F. The van der Waals surface area contributed by atoms with Gasteiger partial charge in [0.2, 0.25) is 5.82 Å². The summed E-state index contributed by atoms with van der Waals surface area (Å²) in [5, 5.41) is 12.6. The zero-order valence-electron chi connectivity index (χ0n) is 10.0. The van der Waals surface area contributed by atoms with E-state index in [4.69, 9.17) is 4.74 Å². The minimum Gasteiger partial charge on any atom is -0.505 e. The Hall–Kier alpha value is -1.29. The molecule has 1 aliphatic heterocycles. The van der Waals surface area contributed by atoms with Crippen molar-refractivity contribution in [1.82, 2.24) is 5.32 Å². The fourth-order valence-electron chi connectivity index (χ4n) is 2.36. The predicted octanol–water partition coefficient (Wildman–Crippen LogP) is 2.08. The molecule has 1 aromatic carbocycles. The minimum absolute atomic E-state index is 0.184. The molecule has 3 nitrogen and oxygen atoms in total. The number of methoxy groups -OCH3 is 1. The standard InChI is InChI=1S/C13H18FNO2/c1-17-13-10(2-3-11(16)12(13)14)8-9-4-6-15-7-5-9/h2-3,9,15-16H,4-8H2,1H3. The zero-order chi connectivity index (χ0) is 12.3. The van der Waals surface area contributed by atoms with E-state index in [0.717, 1.165) is 37.9 Å². The van der Waals surface area contributed by atoms with Gasteiger partial charge in [-0.1, -0.05) is 6.07 Å². The Morgan fingerprint density at radius 3 is 2.76 bits per heavy atom. The predicted molar refractivity (Wildman–Crippen MR) is 63.9 cm³/mol. The number of aromatic hydroxyl groups is 1. The van der Waals surface area contributed by atoms with E-state index >= 15 is 0 Å². The Labute approximate surface area is 101 Å². The van der Waals surface area contributed by atoms with Gasteiger partial charge in [-0.05, 0) is 49.9 Å². The van der Waals surface area contributed by atoms with Crippen molar-refractivity contribution in [2.75, 3.05) is 20.2 Å². The first-order valence-corrected chi connectivity index (χ1v) is 5.97. The molecule has 1 heterocycles. The molecule has 2 rings (SSSR count). The molecule has 0 unspecified atom stereocenters. The molecule has 1 saturated heterocycles. The lowest BCUT2D eigenvalue weighted by Crippen LogP contribution is -2.28. The normalized spacial score (nSPS) is 17.1. The van der Waals surface area contributed by atoms with Crippen LogP contribution in [0.25, 0.3) is 0 Å². The summed E-state index contributed by atoms with van der Waals surface area (Å²) in [7, 11) is 1.43. The van der Waals surface area contributed by atoms with Crippen LogP contribution >= 0.6 is 0 Å². The maximum atomic E-state index is 13.6. The van der Waals surface area contributed by atoms with Gasteiger partial charge in [-0.25, -0.2) is 0 Å². The van der Waals surface area contributed by atoms with Crippen LogP contribution in [0.5, 0.6) is 11.5 Å². The third-order valence-corrected chi connectivity index (χ3v) is 3.33. The second-order valence-electron chi connectivity index (χ2n) is 4.49. The first-order valence-electron chi connectivity index (χ1n) is 5.97. The van der Waals surface area contributed by atoms with Crippen molar-refractivity contribution in [3.8, 4) is 11.5 Å². The number of nitrogens with one attached hydrogen (secondary N) is 1. The van der Waals surface area contributed by atoms with Gasteiger partial charge in [0.05, 0.1) is 7.11 Å². The number of hydrogen-bond acceptors (Lipinski definition) is 3. The largest absolute Gasteiger partial charge is 0.505 e. The van der Waals surface area contributed by atoms with Gasteiger partial charge in [0.15, 0.2) is 11.5 Å². The highest BCUT2D eigenvalue weighted by Gasteiger charge is 2.19. The van der Waals surface area contributed by atoms with E-state index in [2.05, 4.69) is 5.32 Å². The fourth-order valence-corrected chi connectivity index (χ4v) is 2.36. The monoisotopic (exact) mass is 239 g/mol. The Morgan fingerprint density at radius 2 is 2.12 bits per heavy atom. The smallest absolute Gasteiger partial charge is 0.206 e. The number of benzene rings is 1. The summed E-state index contributed by atoms with van der Waals surface area (Å²) in [6.45, 7) is 2.04. The third kappa shape index (κ3) is 2.69. The second-order valence-corrected chi connectivity index (χ2v) is 4.49. The summed E-state index contributed by atoms with van der Waals surface area (Å²) in [4.78, 5) is 0. The molecule has 0 atom stereocenters. The van der Waals surface area contributed by atoms with Gasteiger partial charge in [0.1, 0.15) is 0 Å². The fraction of sp³-hybridized carbons (Fsp3) is 0.538. The first kappa shape index (κ1) is 12.2. The van der Waals surface area contributed by atoms with Crippen molar-refractivity contribution in [2.45, 2.75) is 19.3 Å². The van der Waals surface area contributed by atoms with Gasteiger partial charge in [0, 0.05) is 0 Å². The number of rotatable bonds is 3. The number of halogens is 1. The Bertz CT molecular complexity index is 389. The molecule has 2 N–H and O–H groups in total. The summed E-state index contributed by atoms with van der Waals surface area (Å²) >= 11 is 0. The van der Waals surface area contributed by atoms with Gasteiger partial charge < -0.3 is 15.2 Å². The highest BCUT2D eigenvalue weighted by molar-refractivity contribution is 5.42. The third-order valence-electron chi connectivity index (χ3n) is 3.33. The van der Waals surface area contributed by atoms with E-state index in [1.54, 1.807) is 6.07 Å². The molecular weight excluding hydrogens is 221 g/mol. The lowest BCUT2D eigenvalue weighted by atomic mass is 9.90. The molecule has 1 aliphatic rings. The van der Waals surface area contributed by atoms with E-state index < -0.39 is 5.82 Å². The molecular formula is C13H18FNO2. The van der Waals surface area contributed by atoms with Crippen LogP contribution in [0.3, 0.4) is 0 Å². The van der Waals surface area contributed by atoms with Crippen molar-refractivity contribution in [3.05, 3.63) is 23.5 Å². The van der Waals surface area contributed by atoms with Crippen molar-refractivity contribution >= 4 is 0 Å². The summed E-state index contributed by atoms with van der Waals surface area (Å²) in [5.41, 5.74) is 0.842. The molecule has 0 radical (unpaired) electrons. The maximum absolute atomic E-state index is 13.6. The molecule has 0 bridgehead atoms. The second kappa shape index (κ2) is 5.36. The van der Waals surface area contributed by atoms with Crippen molar-refractivity contribution < 1.29 is 14.2 Å². The van der Waals surface area contributed by atoms with Gasteiger partial charge in [-0.3, -0.25) is 0 Å². The van der Waals surface area contributed by atoms with Crippen LogP contribution < -0.4 is 10.1 Å². The molecule has 0 amide bonds. The molecule has 17 heavy (non-hydrogen) atoms. The van der Waals surface area contributed by atoms with E-state index in [-0.39, 0.29) is 11.5 Å². The lowest BCUT2D eigenvalue weighted by Gasteiger charge is -2.23. The lowest BCUT2D eigenvalue weighted by molar-refractivity contribution is 0.343. The van der Waals surface area contributed by atoms with Gasteiger partial charge in [-0.15, -0.1) is 0 Å². The Balaban J connectivity index is 2.17. The van der Waals surface area contributed by atoms with Crippen LogP contribution in [0.4, 0.5) is 4.39 Å². The number of phenols is 1. The van der Waals surface area contributed by atoms with Crippen LogP contribution in [0, 0.1) is 11.7 Å². The van der Waals surface area contributed by atoms with E-state index in [1.807, 2.05) is 0 Å². The van der Waals surface area contributed by atoms with Gasteiger partial charge >= 0.3 is 0 Å². The average molecular weight is 239 g/mol. The van der Waals surface area contributed by atoms with Crippen molar-refractivity contribution in [2.24, 2.45) is 5.92 Å². The molecule has 0 aromatic heterocycles. The van der Waals surface area contributed by atoms with E-state index in [1.165, 1.54) is 13.2 Å². The van der Waals surface area contributed by atoms with Crippen molar-refractivity contribution in [1.29, 1.82) is 0 Å². The maximum Gasteiger partial charge on any atom is 0.206 e. The molecule has 1 aromatic rings. The first-order chi connectivity index (χ1) is 8.22. The van der Waals surface area contributed by atoms with E-state index in [0.29, 0.717) is 5.92 Å². The van der Waals surface area contributed by atoms with Gasteiger partial charge in [-0.2, -0.15) is 4.39 Å². The average Bonchev–Trinajstić information content (AvgIpc) is 2.36. The number of ether oxygens (including phenoxy) is 1. The molecule has 1 fully saturated rings. The number of piperidine rings is 1.